The standard InChI is InChI=1S/C18H21F7N4O3/c19-14(20)7-28(9-18(23,24)25)13(6-26)17(31)27-10-1-2-12(11(5-10)16(21)22)29-3-4-32-8-15(29)30/h1-2,5,13-14,16H,3-4,6-9,26H2,(H,27,31)/t13-/m0/s1. The van der Waals surface area contributed by atoms with Crippen molar-refractivity contribution >= 4 is 23.2 Å². The second-order valence-corrected chi connectivity index (χ2v) is 6.85. The first-order valence-electron chi connectivity index (χ1n) is 9.33. The van der Waals surface area contributed by atoms with Gasteiger partial charge in [0.05, 0.1) is 25.4 Å². The normalized spacial score (nSPS) is 16.2. The second kappa shape index (κ2) is 10.9. The fourth-order valence-electron chi connectivity index (χ4n) is 3.18. The predicted octanol–water partition coefficient (Wildman–Crippen LogP) is 2.38. The number of nitrogens with two attached hydrogens (primary N) is 1. The van der Waals surface area contributed by atoms with E-state index in [0.717, 1.165) is 23.1 Å². The van der Waals surface area contributed by atoms with Crippen molar-refractivity contribution in [1.29, 1.82) is 0 Å². The minimum Gasteiger partial charge on any atom is -0.370 e. The molecular weight excluding hydrogens is 453 g/mol. The molecule has 1 saturated heterocycles. The van der Waals surface area contributed by atoms with Crippen molar-refractivity contribution in [3.8, 4) is 0 Å². The summed E-state index contributed by atoms with van der Waals surface area (Å²) in [6.07, 6.45) is -11.1. The number of hydrogen-bond acceptors (Lipinski definition) is 5. The van der Waals surface area contributed by atoms with Gasteiger partial charge in [0.25, 0.3) is 18.8 Å². The maximum Gasteiger partial charge on any atom is 0.401 e. The number of nitrogens with one attached hydrogen (secondary N) is 1. The smallest absolute Gasteiger partial charge is 0.370 e. The highest BCUT2D eigenvalue weighted by Gasteiger charge is 2.37. The summed E-state index contributed by atoms with van der Waals surface area (Å²) in [7, 11) is 0. The molecule has 1 atom stereocenters. The molecule has 0 spiro atoms. The highest BCUT2D eigenvalue weighted by molar-refractivity contribution is 5.97. The average molecular weight is 474 g/mol. The number of hydrogen-bond donors (Lipinski definition) is 2. The zero-order chi connectivity index (χ0) is 24.1. The van der Waals surface area contributed by atoms with Gasteiger partial charge in [0.2, 0.25) is 5.91 Å². The van der Waals surface area contributed by atoms with Crippen LogP contribution in [-0.4, -0.2) is 74.8 Å². The van der Waals surface area contributed by atoms with Crippen molar-refractivity contribution in [3.63, 3.8) is 0 Å². The van der Waals surface area contributed by atoms with Crippen molar-refractivity contribution in [2.24, 2.45) is 5.73 Å². The fraction of sp³-hybridized carbons (Fsp3) is 0.556. The van der Waals surface area contributed by atoms with E-state index in [4.69, 9.17) is 10.5 Å². The Bertz CT molecular complexity index is 807. The SMILES string of the molecule is NC[C@@H](C(=O)Nc1ccc(N2CCOCC2=O)c(C(F)F)c1)N(CC(F)F)CC(F)(F)F. The van der Waals surface area contributed by atoms with E-state index in [1.54, 1.807) is 0 Å². The van der Waals surface area contributed by atoms with Crippen molar-refractivity contribution in [2.45, 2.75) is 25.1 Å². The molecular formula is C18H21F7N4O3. The maximum atomic E-state index is 13.6. The van der Waals surface area contributed by atoms with Crippen molar-refractivity contribution in [1.82, 2.24) is 4.90 Å². The first-order chi connectivity index (χ1) is 14.9. The Kier molecular flexibility index (Phi) is 8.81. The van der Waals surface area contributed by atoms with Gasteiger partial charge in [0, 0.05) is 24.3 Å². The molecule has 0 bridgehead atoms. The summed E-state index contributed by atoms with van der Waals surface area (Å²) in [6.45, 7) is -4.04. The number of morpholine rings is 1. The summed E-state index contributed by atoms with van der Waals surface area (Å²) >= 11 is 0. The van der Waals surface area contributed by atoms with E-state index in [-0.39, 0.29) is 36.0 Å². The molecule has 1 aromatic carbocycles. The monoisotopic (exact) mass is 474 g/mol. The number of anilines is 2. The Hall–Kier alpha value is -2.45. The zero-order valence-corrected chi connectivity index (χ0v) is 16.5. The molecule has 1 aliphatic rings. The molecule has 0 aliphatic carbocycles. The first kappa shape index (κ1) is 25.8. The van der Waals surface area contributed by atoms with Crippen LogP contribution in [0.1, 0.15) is 12.0 Å². The number of amides is 2. The lowest BCUT2D eigenvalue weighted by Crippen LogP contribution is -2.53. The minimum atomic E-state index is -4.88. The van der Waals surface area contributed by atoms with Gasteiger partial charge >= 0.3 is 6.18 Å². The number of rotatable bonds is 9. The number of nitrogens with zero attached hydrogens (tertiary/aromatic N) is 2. The number of alkyl halides is 7. The largest absolute Gasteiger partial charge is 0.401 e. The van der Waals surface area contributed by atoms with Gasteiger partial charge in [-0.25, -0.2) is 17.6 Å². The lowest BCUT2D eigenvalue weighted by Gasteiger charge is -2.31. The molecule has 1 aliphatic heterocycles. The van der Waals surface area contributed by atoms with Gasteiger partial charge in [0.1, 0.15) is 12.6 Å². The predicted molar refractivity (Wildman–Crippen MR) is 99.7 cm³/mol. The summed E-state index contributed by atoms with van der Waals surface area (Å²) in [5.74, 6) is -1.72. The minimum absolute atomic E-state index is 0.0273. The van der Waals surface area contributed by atoms with Crippen LogP contribution in [0.4, 0.5) is 42.1 Å². The molecule has 0 saturated carbocycles. The van der Waals surface area contributed by atoms with E-state index >= 15 is 0 Å². The van der Waals surface area contributed by atoms with Crippen LogP contribution in [0.5, 0.6) is 0 Å². The van der Waals surface area contributed by atoms with Crippen LogP contribution in [-0.2, 0) is 14.3 Å². The summed E-state index contributed by atoms with van der Waals surface area (Å²) < 4.78 is 95.9. The highest BCUT2D eigenvalue weighted by atomic mass is 19.4. The first-order valence-corrected chi connectivity index (χ1v) is 9.33. The van der Waals surface area contributed by atoms with Gasteiger partial charge in [-0.3, -0.25) is 14.5 Å². The van der Waals surface area contributed by atoms with Crippen LogP contribution < -0.4 is 16.0 Å². The van der Waals surface area contributed by atoms with Gasteiger partial charge in [-0.05, 0) is 18.2 Å². The van der Waals surface area contributed by atoms with Gasteiger partial charge in [0.15, 0.2) is 0 Å². The topological polar surface area (TPSA) is 87.9 Å². The Labute approximate surface area is 178 Å². The molecule has 0 aromatic heterocycles. The van der Waals surface area contributed by atoms with Crippen molar-refractivity contribution < 1.29 is 45.1 Å². The molecule has 0 radical (unpaired) electrons. The molecule has 3 N–H and O–H groups in total. The summed E-state index contributed by atoms with van der Waals surface area (Å²) in [5, 5.41) is 2.13. The average Bonchev–Trinajstić information content (AvgIpc) is 2.67. The van der Waals surface area contributed by atoms with Crippen LogP contribution in [0, 0.1) is 0 Å². The molecule has 2 amide bonds. The molecule has 1 heterocycles. The number of carbonyl (C=O) groups is 2. The summed E-state index contributed by atoms with van der Waals surface area (Å²) in [4.78, 5) is 25.7. The lowest BCUT2D eigenvalue weighted by molar-refractivity contribution is -0.157. The van der Waals surface area contributed by atoms with E-state index in [1.807, 2.05) is 0 Å². The van der Waals surface area contributed by atoms with E-state index in [1.165, 1.54) is 0 Å². The zero-order valence-electron chi connectivity index (χ0n) is 16.5. The quantitative estimate of drug-likeness (QED) is 0.537. The fourth-order valence-corrected chi connectivity index (χ4v) is 3.18. The van der Waals surface area contributed by atoms with Gasteiger partial charge < -0.3 is 20.7 Å². The van der Waals surface area contributed by atoms with Crippen LogP contribution in [0.2, 0.25) is 0 Å². The Morgan fingerprint density at radius 3 is 2.47 bits per heavy atom. The number of benzene rings is 1. The number of ether oxygens (including phenoxy) is 1. The van der Waals surface area contributed by atoms with Crippen LogP contribution >= 0.6 is 0 Å². The Morgan fingerprint density at radius 1 is 1.25 bits per heavy atom. The second-order valence-electron chi connectivity index (χ2n) is 6.85. The summed E-state index contributed by atoms with van der Waals surface area (Å²) in [5.41, 5.74) is 4.40. The molecule has 0 unspecified atom stereocenters. The van der Waals surface area contributed by atoms with Crippen molar-refractivity contribution in [3.05, 3.63) is 23.8 Å². The van der Waals surface area contributed by atoms with E-state index < -0.39 is 62.1 Å². The lowest BCUT2D eigenvalue weighted by atomic mass is 10.1. The number of carbonyl (C=O) groups excluding carboxylic acids is 2. The van der Waals surface area contributed by atoms with Crippen LogP contribution in [0.15, 0.2) is 18.2 Å². The molecule has 14 heteroatoms. The molecule has 1 fully saturated rings. The van der Waals surface area contributed by atoms with Gasteiger partial charge in [-0.15, -0.1) is 0 Å². The molecule has 32 heavy (non-hydrogen) atoms. The number of halogens is 7. The molecule has 7 nitrogen and oxygen atoms in total. The van der Waals surface area contributed by atoms with E-state index in [0.29, 0.717) is 0 Å². The maximum absolute atomic E-state index is 13.6. The van der Waals surface area contributed by atoms with E-state index in [9.17, 15) is 40.3 Å². The third-order valence-corrected chi connectivity index (χ3v) is 4.53. The van der Waals surface area contributed by atoms with Gasteiger partial charge in [-0.2, -0.15) is 13.2 Å². The Balaban J connectivity index is 2.26. The van der Waals surface area contributed by atoms with Crippen LogP contribution in [0.25, 0.3) is 0 Å². The van der Waals surface area contributed by atoms with Crippen LogP contribution in [0.3, 0.4) is 0 Å². The van der Waals surface area contributed by atoms with Crippen molar-refractivity contribution in [2.75, 3.05) is 49.6 Å². The molecule has 1 aromatic rings. The molecule has 2 rings (SSSR count). The highest BCUT2D eigenvalue weighted by Crippen LogP contribution is 2.33. The summed E-state index contributed by atoms with van der Waals surface area (Å²) in [6, 6.07) is 1.37. The molecule has 180 valence electrons. The van der Waals surface area contributed by atoms with Gasteiger partial charge in [-0.1, -0.05) is 0 Å². The third kappa shape index (κ3) is 7.03. The van der Waals surface area contributed by atoms with E-state index in [2.05, 4.69) is 5.32 Å². The third-order valence-electron chi connectivity index (χ3n) is 4.53. The Morgan fingerprint density at radius 2 is 1.94 bits per heavy atom.